The highest BCUT2D eigenvalue weighted by atomic mass is 16.2. The highest BCUT2D eigenvalue weighted by Crippen LogP contribution is 2.39. The lowest BCUT2D eigenvalue weighted by atomic mass is 9.98. The molecule has 0 aromatic carbocycles. The molecule has 1 aliphatic carbocycles. The Morgan fingerprint density at radius 1 is 1.68 bits per heavy atom. The van der Waals surface area contributed by atoms with Crippen molar-refractivity contribution >= 4 is 5.91 Å². The second-order valence-electron chi connectivity index (χ2n) is 5.36. The molecule has 0 bridgehead atoms. The van der Waals surface area contributed by atoms with Gasteiger partial charge in [-0.2, -0.15) is 5.26 Å². The molecule has 1 heterocycles. The van der Waals surface area contributed by atoms with Crippen molar-refractivity contribution in [1.82, 2.24) is 14.9 Å². The molecule has 2 rings (SSSR count). The van der Waals surface area contributed by atoms with Crippen LogP contribution >= 0.6 is 0 Å². The summed E-state index contributed by atoms with van der Waals surface area (Å²) in [5.41, 5.74) is -0.720. The van der Waals surface area contributed by atoms with Crippen LogP contribution in [0.1, 0.15) is 38.9 Å². The number of aryl methyl sites for hydroxylation is 1. The second kappa shape index (κ2) is 5.43. The monoisotopic (exact) mass is 260 g/mol. The molecule has 0 radical (unpaired) electrons. The third-order valence-electron chi connectivity index (χ3n) is 3.61. The van der Waals surface area contributed by atoms with Crippen LogP contribution in [-0.4, -0.2) is 21.0 Å². The number of nitriles is 1. The zero-order valence-electron chi connectivity index (χ0n) is 11.5. The summed E-state index contributed by atoms with van der Waals surface area (Å²) in [5.74, 6) is 1.10. The standard InChI is InChI=1S/C14H20N4O/c1-3-4-12-16-7-8-18(12)9-13(19)17-14(2,10-15)11-5-6-11/h7-8,11H,3-6,9H2,1-2H3,(H,17,19). The number of rotatable bonds is 6. The van der Waals surface area contributed by atoms with Crippen LogP contribution in [-0.2, 0) is 17.8 Å². The van der Waals surface area contributed by atoms with Gasteiger partial charge in [0.15, 0.2) is 0 Å². The highest BCUT2D eigenvalue weighted by molar-refractivity contribution is 5.77. The summed E-state index contributed by atoms with van der Waals surface area (Å²) in [6, 6.07) is 2.23. The number of carbonyl (C=O) groups is 1. The number of carbonyl (C=O) groups excluding carboxylic acids is 1. The van der Waals surface area contributed by atoms with Crippen molar-refractivity contribution in [2.24, 2.45) is 5.92 Å². The summed E-state index contributed by atoms with van der Waals surface area (Å²) in [5, 5.41) is 12.1. The van der Waals surface area contributed by atoms with Gasteiger partial charge in [0.2, 0.25) is 5.91 Å². The molecule has 1 unspecified atom stereocenters. The molecular weight excluding hydrogens is 240 g/mol. The number of hydrogen-bond acceptors (Lipinski definition) is 3. The van der Waals surface area contributed by atoms with Crippen LogP contribution in [0.5, 0.6) is 0 Å². The van der Waals surface area contributed by atoms with Gasteiger partial charge < -0.3 is 9.88 Å². The van der Waals surface area contributed by atoms with E-state index in [9.17, 15) is 10.1 Å². The fourth-order valence-electron chi connectivity index (χ4n) is 2.30. The van der Waals surface area contributed by atoms with Gasteiger partial charge in [-0.05, 0) is 32.1 Å². The van der Waals surface area contributed by atoms with Gasteiger partial charge >= 0.3 is 0 Å². The lowest BCUT2D eigenvalue weighted by Crippen LogP contribution is -2.47. The predicted octanol–water partition coefficient (Wildman–Crippen LogP) is 1.64. The van der Waals surface area contributed by atoms with Gasteiger partial charge in [0.25, 0.3) is 0 Å². The lowest BCUT2D eigenvalue weighted by molar-refractivity contribution is -0.123. The average molecular weight is 260 g/mol. The van der Waals surface area contributed by atoms with Crippen molar-refractivity contribution in [2.45, 2.75) is 51.6 Å². The molecule has 5 heteroatoms. The molecule has 19 heavy (non-hydrogen) atoms. The Morgan fingerprint density at radius 2 is 2.42 bits per heavy atom. The Hall–Kier alpha value is -1.83. The first kappa shape index (κ1) is 13.6. The van der Waals surface area contributed by atoms with Crippen molar-refractivity contribution in [3.05, 3.63) is 18.2 Å². The quantitative estimate of drug-likeness (QED) is 0.845. The molecule has 0 spiro atoms. The topological polar surface area (TPSA) is 70.7 Å². The fourth-order valence-corrected chi connectivity index (χ4v) is 2.30. The third kappa shape index (κ3) is 3.14. The van der Waals surface area contributed by atoms with Crippen LogP contribution in [0.3, 0.4) is 0 Å². The first-order valence-electron chi connectivity index (χ1n) is 6.81. The van der Waals surface area contributed by atoms with Crippen molar-refractivity contribution < 1.29 is 4.79 Å². The van der Waals surface area contributed by atoms with Gasteiger partial charge in [0.05, 0.1) is 6.07 Å². The smallest absolute Gasteiger partial charge is 0.241 e. The maximum absolute atomic E-state index is 12.1. The number of imidazole rings is 1. The molecular formula is C14H20N4O. The first-order valence-corrected chi connectivity index (χ1v) is 6.81. The fraction of sp³-hybridized carbons (Fsp3) is 0.643. The molecule has 0 aliphatic heterocycles. The van der Waals surface area contributed by atoms with E-state index in [1.54, 1.807) is 6.20 Å². The number of amides is 1. The Labute approximate surface area is 113 Å². The summed E-state index contributed by atoms with van der Waals surface area (Å²) < 4.78 is 1.85. The van der Waals surface area contributed by atoms with Crippen LogP contribution < -0.4 is 5.32 Å². The minimum absolute atomic E-state index is 0.119. The van der Waals surface area contributed by atoms with Crippen LogP contribution in [0.15, 0.2) is 12.4 Å². The van der Waals surface area contributed by atoms with Gasteiger partial charge in [-0.15, -0.1) is 0 Å². The van der Waals surface area contributed by atoms with E-state index in [1.165, 1.54) is 0 Å². The summed E-state index contributed by atoms with van der Waals surface area (Å²) in [4.78, 5) is 16.3. The first-order chi connectivity index (χ1) is 9.09. The van der Waals surface area contributed by atoms with E-state index < -0.39 is 5.54 Å². The molecule has 1 aliphatic rings. The minimum Gasteiger partial charge on any atom is -0.336 e. The van der Waals surface area contributed by atoms with Gasteiger partial charge in [0.1, 0.15) is 17.9 Å². The van der Waals surface area contributed by atoms with E-state index in [0.29, 0.717) is 5.92 Å². The number of hydrogen-bond donors (Lipinski definition) is 1. The molecule has 1 aromatic heterocycles. The summed E-state index contributed by atoms with van der Waals surface area (Å²) in [7, 11) is 0. The predicted molar refractivity (Wildman–Crippen MR) is 71.1 cm³/mol. The van der Waals surface area contributed by atoms with Crippen LogP contribution in [0.2, 0.25) is 0 Å². The lowest BCUT2D eigenvalue weighted by Gasteiger charge is -2.23. The van der Waals surface area contributed by atoms with E-state index in [2.05, 4.69) is 23.3 Å². The Balaban J connectivity index is 1.97. The molecule has 1 aromatic rings. The summed E-state index contributed by atoms with van der Waals surface area (Å²) >= 11 is 0. The highest BCUT2D eigenvalue weighted by Gasteiger charge is 2.42. The van der Waals surface area contributed by atoms with Gasteiger partial charge in [-0.25, -0.2) is 4.98 Å². The van der Waals surface area contributed by atoms with E-state index >= 15 is 0 Å². The van der Waals surface area contributed by atoms with E-state index in [4.69, 9.17) is 0 Å². The SMILES string of the molecule is CCCc1nccn1CC(=O)NC(C)(C#N)C1CC1. The largest absolute Gasteiger partial charge is 0.336 e. The van der Waals surface area contributed by atoms with Crippen molar-refractivity contribution in [2.75, 3.05) is 0 Å². The molecule has 1 saturated carbocycles. The summed E-state index contributed by atoms with van der Waals surface area (Å²) in [6.45, 7) is 4.13. The molecule has 1 atom stereocenters. The number of nitrogens with zero attached hydrogens (tertiary/aromatic N) is 3. The molecule has 102 valence electrons. The molecule has 1 amide bonds. The van der Waals surface area contributed by atoms with E-state index in [0.717, 1.165) is 31.5 Å². The Kier molecular flexibility index (Phi) is 3.89. The average Bonchev–Trinajstić information content (AvgIpc) is 3.15. The van der Waals surface area contributed by atoms with Crippen molar-refractivity contribution in [1.29, 1.82) is 5.26 Å². The molecule has 0 saturated heterocycles. The number of aromatic nitrogens is 2. The maximum atomic E-state index is 12.1. The van der Waals surface area contributed by atoms with Gasteiger partial charge in [0, 0.05) is 18.8 Å². The molecule has 1 N–H and O–H groups in total. The van der Waals surface area contributed by atoms with Crippen molar-refractivity contribution in [3.8, 4) is 6.07 Å². The normalized spacial score (nSPS) is 17.5. The zero-order valence-corrected chi connectivity index (χ0v) is 11.5. The van der Waals surface area contributed by atoms with Crippen LogP contribution in [0.25, 0.3) is 0 Å². The van der Waals surface area contributed by atoms with Crippen molar-refractivity contribution in [3.63, 3.8) is 0 Å². The van der Waals surface area contributed by atoms with Crippen LogP contribution in [0.4, 0.5) is 0 Å². The Bertz CT molecular complexity index is 498. The maximum Gasteiger partial charge on any atom is 0.241 e. The van der Waals surface area contributed by atoms with Gasteiger partial charge in [-0.1, -0.05) is 6.92 Å². The molecule has 1 fully saturated rings. The minimum atomic E-state index is -0.720. The van der Waals surface area contributed by atoms with Gasteiger partial charge in [-0.3, -0.25) is 4.79 Å². The van der Waals surface area contributed by atoms with E-state index in [1.807, 2.05) is 17.7 Å². The van der Waals surface area contributed by atoms with Crippen LogP contribution in [0, 0.1) is 17.2 Å². The molecule has 5 nitrogen and oxygen atoms in total. The second-order valence-corrected chi connectivity index (χ2v) is 5.36. The Morgan fingerprint density at radius 3 is 3.00 bits per heavy atom. The van der Waals surface area contributed by atoms with E-state index in [-0.39, 0.29) is 12.5 Å². The number of nitrogens with one attached hydrogen (secondary N) is 1. The summed E-state index contributed by atoms with van der Waals surface area (Å²) in [6.07, 6.45) is 7.43. The third-order valence-corrected chi connectivity index (χ3v) is 3.61. The zero-order chi connectivity index (χ0) is 13.9.